The summed E-state index contributed by atoms with van der Waals surface area (Å²) in [4.78, 5) is 27.3. The number of amides is 1. The molecule has 1 atom stereocenters. The number of methoxy groups -OCH3 is 1. The maximum atomic E-state index is 11.6. The molecule has 0 saturated heterocycles. The van der Waals surface area contributed by atoms with Gasteiger partial charge in [0.1, 0.15) is 5.82 Å². The summed E-state index contributed by atoms with van der Waals surface area (Å²) < 4.78 is 4.66. The van der Waals surface area contributed by atoms with Crippen molar-refractivity contribution < 1.29 is 14.3 Å². The molecule has 0 aliphatic rings. The van der Waals surface area contributed by atoms with Gasteiger partial charge >= 0.3 is 5.97 Å². The van der Waals surface area contributed by atoms with Crippen LogP contribution in [0, 0.1) is 6.92 Å². The van der Waals surface area contributed by atoms with Crippen molar-refractivity contribution in [3.8, 4) is 0 Å². The molecule has 6 heteroatoms. The van der Waals surface area contributed by atoms with Crippen molar-refractivity contribution in [3.63, 3.8) is 0 Å². The smallest absolute Gasteiger partial charge is 0.339 e. The van der Waals surface area contributed by atoms with Crippen LogP contribution >= 0.6 is 0 Å². The van der Waals surface area contributed by atoms with E-state index >= 15 is 0 Å². The van der Waals surface area contributed by atoms with Crippen LogP contribution < -0.4 is 10.6 Å². The van der Waals surface area contributed by atoms with Crippen LogP contribution in [0.15, 0.2) is 12.1 Å². The average Bonchev–Trinajstić information content (AvgIpc) is 2.46. The van der Waals surface area contributed by atoms with Crippen molar-refractivity contribution in [2.75, 3.05) is 19.0 Å². The van der Waals surface area contributed by atoms with Crippen LogP contribution in [0.2, 0.25) is 0 Å². The van der Waals surface area contributed by atoms with Gasteiger partial charge < -0.3 is 15.4 Å². The zero-order chi connectivity index (χ0) is 15.8. The molecule has 0 bridgehead atoms. The Bertz CT molecular complexity index is 503. The van der Waals surface area contributed by atoms with Crippen molar-refractivity contribution in [2.45, 2.75) is 39.7 Å². The predicted octanol–water partition coefficient (Wildman–Crippen LogP) is 1.89. The molecular weight excluding hydrogens is 270 g/mol. The molecule has 1 unspecified atom stereocenters. The maximum Gasteiger partial charge on any atom is 0.339 e. The lowest BCUT2D eigenvalue weighted by molar-refractivity contribution is -0.121. The Morgan fingerprint density at radius 1 is 1.38 bits per heavy atom. The van der Waals surface area contributed by atoms with Gasteiger partial charge in [-0.3, -0.25) is 4.79 Å². The molecule has 0 radical (unpaired) electrons. The van der Waals surface area contributed by atoms with E-state index in [0.29, 0.717) is 30.0 Å². The van der Waals surface area contributed by atoms with Crippen molar-refractivity contribution in [1.82, 2.24) is 10.3 Å². The molecule has 116 valence electrons. The normalized spacial score (nSPS) is 11.6. The zero-order valence-corrected chi connectivity index (χ0v) is 13.0. The second-order valence-electron chi connectivity index (χ2n) is 4.87. The van der Waals surface area contributed by atoms with E-state index in [1.54, 1.807) is 19.1 Å². The van der Waals surface area contributed by atoms with Crippen molar-refractivity contribution >= 4 is 17.7 Å². The van der Waals surface area contributed by atoms with Crippen LogP contribution in [0.5, 0.6) is 0 Å². The fraction of sp³-hybridized carbons (Fsp3) is 0.533. The Kier molecular flexibility index (Phi) is 6.65. The lowest BCUT2D eigenvalue weighted by Crippen LogP contribution is -2.33. The second-order valence-corrected chi connectivity index (χ2v) is 4.87. The highest BCUT2D eigenvalue weighted by Crippen LogP contribution is 2.11. The SMILES string of the molecule is CCC(C)NC(=O)CCNc1ccc(C(=O)OC)c(C)n1. The first-order valence-corrected chi connectivity index (χ1v) is 7.07. The number of hydrogen-bond donors (Lipinski definition) is 2. The van der Waals surface area contributed by atoms with Gasteiger partial charge in [0.2, 0.25) is 5.91 Å². The highest BCUT2D eigenvalue weighted by Gasteiger charge is 2.11. The van der Waals surface area contributed by atoms with E-state index in [9.17, 15) is 9.59 Å². The molecule has 1 amide bonds. The molecule has 0 aromatic carbocycles. The predicted molar refractivity (Wildman–Crippen MR) is 81.3 cm³/mol. The fourth-order valence-electron chi connectivity index (χ4n) is 1.74. The summed E-state index contributed by atoms with van der Waals surface area (Å²) in [7, 11) is 1.34. The summed E-state index contributed by atoms with van der Waals surface area (Å²) in [6.45, 7) is 6.24. The number of aryl methyl sites for hydroxylation is 1. The summed E-state index contributed by atoms with van der Waals surface area (Å²) in [5, 5.41) is 5.97. The van der Waals surface area contributed by atoms with Crippen LogP contribution in [0.3, 0.4) is 0 Å². The van der Waals surface area contributed by atoms with E-state index in [2.05, 4.69) is 20.4 Å². The lowest BCUT2D eigenvalue weighted by Gasteiger charge is -2.12. The number of ether oxygens (including phenoxy) is 1. The molecule has 1 rings (SSSR count). The molecule has 1 aromatic rings. The number of anilines is 1. The maximum absolute atomic E-state index is 11.6. The number of rotatable bonds is 7. The third kappa shape index (κ3) is 5.41. The Balaban J connectivity index is 2.48. The number of esters is 1. The molecule has 0 aliphatic heterocycles. The summed E-state index contributed by atoms with van der Waals surface area (Å²) >= 11 is 0. The molecule has 0 fully saturated rings. The van der Waals surface area contributed by atoms with Crippen LogP contribution in [0.4, 0.5) is 5.82 Å². The van der Waals surface area contributed by atoms with Gasteiger partial charge in [-0.05, 0) is 32.4 Å². The molecular formula is C15H23N3O3. The van der Waals surface area contributed by atoms with Gasteiger partial charge in [0.25, 0.3) is 0 Å². The number of pyridine rings is 1. The number of nitrogens with one attached hydrogen (secondary N) is 2. The van der Waals surface area contributed by atoms with E-state index in [4.69, 9.17) is 0 Å². The standard InChI is InChI=1S/C15H23N3O3/c1-5-10(2)17-14(19)8-9-16-13-7-6-12(11(3)18-13)15(20)21-4/h6-7,10H,5,8-9H2,1-4H3,(H,16,18)(H,17,19). The minimum atomic E-state index is -0.403. The molecule has 1 heterocycles. The Hall–Kier alpha value is -2.11. The van der Waals surface area contributed by atoms with Gasteiger partial charge in [-0.15, -0.1) is 0 Å². The van der Waals surface area contributed by atoms with Crippen molar-refractivity contribution in [2.24, 2.45) is 0 Å². The van der Waals surface area contributed by atoms with Gasteiger partial charge in [0, 0.05) is 19.0 Å². The van der Waals surface area contributed by atoms with E-state index in [1.807, 2.05) is 13.8 Å². The number of carbonyl (C=O) groups excluding carboxylic acids is 2. The average molecular weight is 293 g/mol. The minimum absolute atomic E-state index is 0.0137. The number of hydrogen-bond acceptors (Lipinski definition) is 5. The van der Waals surface area contributed by atoms with Crippen LogP contribution in [-0.4, -0.2) is 36.6 Å². The van der Waals surface area contributed by atoms with Crippen molar-refractivity contribution in [3.05, 3.63) is 23.4 Å². The van der Waals surface area contributed by atoms with Crippen LogP contribution in [0.1, 0.15) is 42.7 Å². The topological polar surface area (TPSA) is 80.3 Å². The molecule has 21 heavy (non-hydrogen) atoms. The third-order valence-electron chi connectivity index (χ3n) is 3.17. The summed E-state index contributed by atoms with van der Waals surface area (Å²) in [5.74, 6) is 0.246. The van der Waals surface area contributed by atoms with Gasteiger partial charge in [0.05, 0.1) is 18.4 Å². The van der Waals surface area contributed by atoms with Gasteiger partial charge in [-0.1, -0.05) is 6.92 Å². The Labute approximate surface area is 125 Å². The van der Waals surface area contributed by atoms with Crippen molar-refractivity contribution in [1.29, 1.82) is 0 Å². The van der Waals surface area contributed by atoms with Gasteiger partial charge in [-0.25, -0.2) is 9.78 Å². The highest BCUT2D eigenvalue weighted by molar-refractivity contribution is 5.90. The Morgan fingerprint density at radius 2 is 2.10 bits per heavy atom. The van der Waals surface area contributed by atoms with Crippen LogP contribution in [0.25, 0.3) is 0 Å². The largest absolute Gasteiger partial charge is 0.465 e. The van der Waals surface area contributed by atoms with E-state index in [0.717, 1.165) is 6.42 Å². The number of aromatic nitrogens is 1. The van der Waals surface area contributed by atoms with E-state index in [-0.39, 0.29) is 11.9 Å². The van der Waals surface area contributed by atoms with Crippen LogP contribution in [-0.2, 0) is 9.53 Å². The second kappa shape index (κ2) is 8.24. The highest BCUT2D eigenvalue weighted by atomic mass is 16.5. The van der Waals surface area contributed by atoms with E-state index < -0.39 is 5.97 Å². The third-order valence-corrected chi connectivity index (χ3v) is 3.17. The van der Waals surface area contributed by atoms with Gasteiger partial charge in [0.15, 0.2) is 0 Å². The summed E-state index contributed by atoms with van der Waals surface area (Å²) in [5.41, 5.74) is 1.04. The first-order valence-electron chi connectivity index (χ1n) is 7.07. The van der Waals surface area contributed by atoms with E-state index in [1.165, 1.54) is 7.11 Å². The minimum Gasteiger partial charge on any atom is -0.465 e. The molecule has 0 spiro atoms. The zero-order valence-electron chi connectivity index (χ0n) is 13.0. The Morgan fingerprint density at radius 3 is 2.67 bits per heavy atom. The summed E-state index contributed by atoms with van der Waals surface area (Å²) in [6.07, 6.45) is 1.29. The number of nitrogens with zero attached hydrogens (tertiary/aromatic N) is 1. The first kappa shape index (κ1) is 16.9. The molecule has 0 aliphatic carbocycles. The molecule has 1 aromatic heterocycles. The first-order chi connectivity index (χ1) is 9.97. The quantitative estimate of drug-likeness (QED) is 0.750. The molecule has 6 nitrogen and oxygen atoms in total. The fourth-order valence-corrected chi connectivity index (χ4v) is 1.74. The molecule has 0 saturated carbocycles. The summed E-state index contributed by atoms with van der Waals surface area (Å²) in [6, 6.07) is 3.55. The van der Waals surface area contributed by atoms with Gasteiger partial charge in [-0.2, -0.15) is 0 Å². The lowest BCUT2D eigenvalue weighted by atomic mass is 10.2. The number of carbonyl (C=O) groups is 2. The monoisotopic (exact) mass is 293 g/mol. The molecule has 2 N–H and O–H groups in total.